The van der Waals surface area contributed by atoms with Gasteiger partial charge in [-0.1, -0.05) is 29.8 Å². The molecule has 0 radical (unpaired) electrons. The van der Waals surface area contributed by atoms with E-state index in [-0.39, 0.29) is 5.91 Å². The SMILES string of the molecule is COC(=O)c1c(NC(=S)N2CCN(Cc3ccc(C)cc3)CC2)sc(C(=O)N(C)C)c1C. The van der Waals surface area contributed by atoms with Gasteiger partial charge in [-0.15, -0.1) is 11.3 Å². The molecule has 1 aliphatic rings. The number of carbonyl (C=O) groups excluding carboxylic acids is 2. The second kappa shape index (κ2) is 10.4. The number of benzene rings is 1. The van der Waals surface area contributed by atoms with E-state index < -0.39 is 5.97 Å². The number of aryl methyl sites for hydroxylation is 1. The van der Waals surface area contributed by atoms with E-state index in [2.05, 4.69) is 46.3 Å². The van der Waals surface area contributed by atoms with Crippen molar-refractivity contribution in [2.75, 3.05) is 52.7 Å². The molecule has 32 heavy (non-hydrogen) atoms. The molecule has 2 aromatic rings. The van der Waals surface area contributed by atoms with E-state index in [9.17, 15) is 9.59 Å². The van der Waals surface area contributed by atoms with Crippen LogP contribution in [0.3, 0.4) is 0 Å². The number of hydrogen-bond acceptors (Lipinski definition) is 6. The predicted octanol–water partition coefficient (Wildman–Crippen LogP) is 3.37. The molecular weight excluding hydrogens is 444 g/mol. The maximum absolute atomic E-state index is 12.5. The van der Waals surface area contributed by atoms with Crippen molar-refractivity contribution in [3.05, 3.63) is 51.4 Å². The van der Waals surface area contributed by atoms with Gasteiger partial charge in [0.25, 0.3) is 5.91 Å². The van der Waals surface area contributed by atoms with E-state index in [1.807, 2.05) is 0 Å². The highest BCUT2D eigenvalue weighted by molar-refractivity contribution is 7.80. The summed E-state index contributed by atoms with van der Waals surface area (Å²) < 4.78 is 4.96. The lowest BCUT2D eigenvalue weighted by Gasteiger charge is -2.36. The monoisotopic (exact) mass is 474 g/mol. The van der Waals surface area contributed by atoms with Gasteiger partial charge in [0.1, 0.15) is 5.00 Å². The third-order valence-corrected chi connectivity index (χ3v) is 7.10. The minimum absolute atomic E-state index is 0.152. The third-order valence-electron chi connectivity index (χ3n) is 5.54. The Labute approximate surface area is 198 Å². The van der Waals surface area contributed by atoms with Crippen LogP contribution >= 0.6 is 23.6 Å². The van der Waals surface area contributed by atoms with E-state index in [1.54, 1.807) is 21.0 Å². The average Bonchev–Trinajstić information content (AvgIpc) is 3.10. The smallest absolute Gasteiger partial charge is 0.341 e. The minimum atomic E-state index is -0.482. The van der Waals surface area contributed by atoms with E-state index in [0.717, 1.165) is 32.7 Å². The van der Waals surface area contributed by atoms with Crippen LogP contribution in [0.25, 0.3) is 0 Å². The number of rotatable bonds is 5. The number of nitrogens with one attached hydrogen (secondary N) is 1. The Morgan fingerprint density at radius 2 is 1.75 bits per heavy atom. The van der Waals surface area contributed by atoms with Crippen LogP contribution in [0.1, 0.15) is 36.7 Å². The minimum Gasteiger partial charge on any atom is -0.465 e. The lowest BCUT2D eigenvalue weighted by atomic mass is 10.1. The molecule has 1 aliphatic heterocycles. The molecule has 0 unspecified atom stereocenters. The summed E-state index contributed by atoms with van der Waals surface area (Å²) in [7, 11) is 4.71. The summed E-state index contributed by atoms with van der Waals surface area (Å²) in [5.41, 5.74) is 3.54. The first-order valence-corrected chi connectivity index (χ1v) is 11.7. The number of esters is 1. The molecular formula is C23H30N4O3S2. The van der Waals surface area contributed by atoms with Gasteiger partial charge >= 0.3 is 5.97 Å². The van der Waals surface area contributed by atoms with Crippen molar-refractivity contribution in [2.24, 2.45) is 0 Å². The van der Waals surface area contributed by atoms with E-state index in [4.69, 9.17) is 17.0 Å². The first kappa shape index (κ1) is 24.2. The molecule has 0 saturated carbocycles. The fraction of sp³-hybridized carbons (Fsp3) is 0.435. The second-order valence-corrected chi connectivity index (χ2v) is 9.54. The molecule has 1 aromatic carbocycles. The first-order chi connectivity index (χ1) is 15.2. The number of piperazine rings is 1. The standard InChI is InChI=1S/C23H30N4O3S2/c1-15-6-8-17(9-7-15)14-26-10-12-27(13-11-26)23(31)24-20-18(22(29)30-5)16(2)19(32-20)21(28)25(3)4/h6-9H,10-14H2,1-5H3,(H,24,31). The lowest BCUT2D eigenvalue weighted by Crippen LogP contribution is -2.49. The topological polar surface area (TPSA) is 65.1 Å². The summed E-state index contributed by atoms with van der Waals surface area (Å²) in [6.45, 7) is 8.15. The van der Waals surface area contributed by atoms with E-state index in [0.29, 0.717) is 26.1 Å². The summed E-state index contributed by atoms with van der Waals surface area (Å²) in [5.74, 6) is -0.633. The van der Waals surface area contributed by atoms with Crippen molar-refractivity contribution in [1.29, 1.82) is 0 Å². The first-order valence-electron chi connectivity index (χ1n) is 10.5. The van der Waals surface area contributed by atoms with Crippen molar-refractivity contribution in [2.45, 2.75) is 20.4 Å². The Kier molecular flexibility index (Phi) is 7.86. The largest absolute Gasteiger partial charge is 0.465 e. The van der Waals surface area contributed by atoms with Gasteiger partial charge in [-0.3, -0.25) is 9.69 Å². The van der Waals surface area contributed by atoms with Gasteiger partial charge in [-0.25, -0.2) is 4.79 Å². The fourth-order valence-corrected chi connectivity index (χ4v) is 5.16. The van der Waals surface area contributed by atoms with E-state index in [1.165, 1.54) is 34.5 Å². The summed E-state index contributed by atoms with van der Waals surface area (Å²) >= 11 is 6.88. The van der Waals surface area contributed by atoms with Crippen LogP contribution in [-0.4, -0.2) is 79.1 Å². The summed E-state index contributed by atoms with van der Waals surface area (Å²) in [6, 6.07) is 8.63. The van der Waals surface area contributed by atoms with Crippen LogP contribution in [0.15, 0.2) is 24.3 Å². The van der Waals surface area contributed by atoms with Gasteiger partial charge < -0.3 is 19.9 Å². The number of thiocarbonyl (C=S) groups is 1. The highest BCUT2D eigenvalue weighted by atomic mass is 32.1. The molecule has 0 atom stereocenters. The van der Waals surface area contributed by atoms with Crippen molar-refractivity contribution >= 4 is 45.5 Å². The van der Waals surface area contributed by atoms with Gasteiger partial charge in [0.2, 0.25) is 0 Å². The molecule has 0 aliphatic carbocycles. The number of anilines is 1. The molecule has 7 nitrogen and oxygen atoms in total. The van der Waals surface area contributed by atoms with Crippen molar-refractivity contribution in [1.82, 2.24) is 14.7 Å². The molecule has 3 rings (SSSR count). The van der Waals surface area contributed by atoms with Crippen LogP contribution in [0, 0.1) is 13.8 Å². The van der Waals surface area contributed by atoms with Crippen molar-refractivity contribution < 1.29 is 14.3 Å². The summed E-state index contributed by atoms with van der Waals surface area (Å²) in [5, 5.41) is 4.31. The van der Waals surface area contributed by atoms with Gasteiger partial charge in [0, 0.05) is 46.8 Å². The zero-order valence-corrected chi connectivity index (χ0v) is 20.9. The van der Waals surface area contributed by atoms with Crippen molar-refractivity contribution in [3.8, 4) is 0 Å². The number of carbonyl (C=O) groups is 2. The summed E-state index contributed by atoms with van der Waals surface area (Å²) in [4.78, 5) is 31.5. The van der Waals surface area contributed by atoms with Crippen molar-refractivity contribution in [3.63, 3.8) is 0 Å². The van der Waals surface area contributed by atoms with Gasteiger partial charge in [0.05, 0.1) is 17.6 Å². The van der Waals surface area contributed by atoms with Crippen LogP contribution in [0.5, 0.6) is 0 Å². The molecule has 2 heterocycles. The zero-order valence-electron chi connectivity index (χ0n) is 19.2. The average molecular weight is 475 g/mol. The Morgan fingerprint density at radius 3 is 2.31 bits per heavy atom. The fourth-order valence-electron chi connectivity index (χ4n) is 3.59. The van der Waals surface area contributed by atoms with Crippen LogP contribution < -0.4 is 5.32 Å². The maximum atomic E-state index is 12.5. The third kappa shape index (κ3) is 5.46. The number of thiophene rings is 1. The maximum Gasteiger partial charge on any atom is 0.341 e. The Hall–Kier alpha value is -2.49. The lowest BCUT2D eigenvalue weighted by molar-refractivity contribution is 0.0601. The molecule has 1 fully saturated rings. The number of hydrogen-bond donors (Lipinski definition) is 1. The predicted molar refractivity (Wildman–Crippen MR) is 133 cm³/mol. The summed E-state index contributed by atoms with van der Waals surface area (Å²) in [6.07, 6.45) is 0. The van der Waals surface area contributed by atoms with Gasteiger partial charge in [-0.2, -0.15) is 0 Å². The molecule has 1 N–H and O–H groups in total. The number of amides is 1. The van der Waals surface area contributed by atoms with Gasteiger partial charge in [-0.05, 0) is 37.2 Å². The number of ether oxygens (including phenoxy) is 1. The quantitative estimate of drug-likeness (QED) is 0.527. The highest BCUT2D eigenvalue weighted by Crippen LogP contribution is 2.34. The Balaban J connectivity index is 1.67. The molecule has 9 heteroatoms. The molecule has 1 amide bonds. The normalized spacial score (nSPS) is 14.2. The highest BCUT2D eigenvalue weighted by Gasteiger charge is 2.28. The molecule has 1 saturated heterocycles. The Morgan fingerprint density at radius 1 is 1.12 bits per heavy atom. The molecule has 172 valence electrons. The molecule has 0 spiro atoms. The second-order valence-electron chi connectivity index (χ2n) is 8.13. The number of methoxy groups -OCH3 is 1. The van der Waals surface area contributed by atoms with Crippen LogP contribution in [-0.2, 0) is 11.3 Å². The zero-order chi connectivity index (χ0) is 23.4. The molecule has 0 bridgehead atoms. The Bertz CT molecular complexity index is 993. The van der Waals surface area contributed by atoms with Gasteiger partial charge in [0.15, 0.2) is 5.11 Å². The number of nitrogens with zero attached hydrogens (tertiary/aromatic N) is 3. The van der Waals surface area contributed by atoms with E-state index >= 15 is 0 Å². The molecule has 1 aromatic heterocycles. The van der Waals surface area contributed by atoms with Crippen LogP contribution in [0.2, 0.25) is 0 Å². The van der Waals surface area contributed by atoms with Crippen LogP contribution in [0.4, 0.5) is 5.00 Å².